The molecule has 1 aromatic heterocycles. The van der Waals surface area contributed by atoms with E-state index in [1.54, 1.807) is 0 Å². The average molecular weight is 225 g/mol. The summed E-state index contributed by atoms with van der Waals surface area (Å²) in [5, 5.41) is 8.80. The molecular weight excluding hydrogens is 219 g/mol. The van der Waals surface area contributed by atoms with Gasteiger partial charge in [-0.15, -0.1) is 0 Å². The van der Waals surface area contributed by atoms with Gasteiger partial charge in [0.05, 0.1) is 16.6 Å². The Morgan fingerprint density at radius 2 is 2.06 bits per heavy atom. The van der Waals surface area contributed by atoms with E-state index in [-0.39, 0.29) is 16.6 Å². The fourth-order valence-electron chi connectivity index (χ4n) is 1.61. The van der Waals surface area contributed by atoms with Crippen LogP contribution in [0.2, 0.25) is 0 Å². The van der Waals surface area contributed by atoms with E-state index in [4.69, 9.17) is 5.26 Å². The van der Waals surface area contributed by atoms with Gasteiger partial charge in [-0.25, -0.2) is 4.98 Å². The minimum absolute atomic E-state index is 0.175. The molecule has 0 atom stereocenters. The minimum atomic E-state index is -4.51. The molecule has 0 amide bonds. The van der Waals surface area contributed by atoms with Gasteiger partial charge in [0.15, 0.2) is 0 Å². The molecule has 0 N–H and O–H groups in total. The van der Waals surface area contributed by atoms with Gasteiger partial charge in [0.1, 0.15) is 6.07 Å². The van der Waals surface area contributed by atoms with Gasteiger partial charge < -0.3 is 4.57 Å². The SMILES string of the molecule is Cn1c(C(F)(F)F)nc2cccc(C#N)c21. The number of aromatic nitrogens is 2. The highest BCUT2D eigenvalue weighted by molar-refractivity contribution is 5.82. The molecule has 82 valence electrons. The van der Waals surface area contributed by atoms with Crippen molar-refractivity contribution in [3.05, 3.63) is 29.6 Å². The summed E-state index contributed by atoms with van der Waals surface area (Å²) in [6.07, 6.45) is -4.51. The smallest absolute Gasteiger partial charge is 0.322 e. The summed E-state index contributed by atoms with van der Waals surface area (Å²) in [6.45, 7) is 0. The molecule has 0 aliphatic rings. The Bertz CT molecular complexity index is 590. The van der Waals surface area contributed by atoms with Crippen molar-refractivity contribution in [1.29, 1.82) is 5.26 Å². The zero-order chi connectivity index (χ0) is 11.9. The van der Waals surface area contributed by atoms with E-state index in [1.807, 2.05) is 6.07 Å². The van der Waals surface area contributed by atoms with Crippen LogP contribution in [0.4, 0.5) is 13.2 Å². The van der Waals surface area contributed by atoms with Crippen molar-refractivity contribution in [3.63, 3.8) is 0 Å². The predicted octanol–water partition coefficient (Wildman–Crippen LogP) is 2.46. The number of rotatable bonds is 0. The van der Waals surface area contributed by atoms with E-state index in [9.17, 15) is 13.2 Å². The largest absolute Gasteiger partial charge is 0.449 e. The number of fused-ring (bicyclic) bond motifs is 1. The third kappa shape index (κ3) is 1.41. The average Bonchev–Trinajstić information content (AvgIpc) is 2.56. The van der Waals surface area contributed by atoms with Gasteiger partial charge in [0.2, 0.25) is 5.82 Å². The highest BCUT2D eigenvalue weighted by atomic mass is 19.4. The number of aryl methyl sites for hydroxylation is 1. The maximum absolute atomic E-state index is 12.6. The molecule has 2 aromatic rings. The number of imidazole rings is 1. The van der Waals surface area contributed by atoms with Gasteiger partial charge >= 0.3 is 6.18 Å². The van der Waals surface area contributed by atoms with Crippen LogP contribution in [0.3, 0.4) is 0 Å². The quantitative estimate of drug-likeness (QED) is 0.691. The molecule has 0 aliphatic heterocycles. The second-order valence-corrected chi connectivity index (χ2v) is 3.28. The lowest BCUT2D eigenvalue weighted by Crippen LogP contribution is -2.12. The van der Waals surface area contributed by atoms with Crippen molar-refractivity contribution in [2.45, 2.75) is 6.18 Å². The standard InChI is InChI=1S/C10H6F3N3/c1-16-8-6(5-14)3-2-4-7(8)15-9(16)10(11,12)13/h2-4H,1H3. The van der Waals surface area contributed by atoms with Crippen LogP contribution in [0, 0.1) is 11.3 Å². The van der Waals surface area contributed by atoms with Gasteiger partial charge in [-0.1, -0.05) is 6.07 Å². The van der Waals surface area contributed by atoms with Crippen LogP contribution < -0.4 is 0 Å². The van der Waals surface area contributed by atoms with Crippen LogP contribution in [0.15, 0.2) is 18.2 Å². The zero-order valence-corrected chi connectivity index (χ0v) is 8.21. The normalized spacial score (nSPS) is 11.7. The fourth-order valence-corrected chi connectivity index (χ4v) is 1.61. The number of alkyl halides is 3. The van der Waals surface area contributed by atoms with Gasteiger partial charge in [-0.3, -0.25) is 0 Å². The van der Waals surface area contributed by atoms with Gasteiger partial charge in [0, 0.05) is 7.05 Å². The van der Waals surface area contributed by atoms with Crippen molar-refractivity contribution >= 4 is 11.0 Å². The van der Waals surface area contributed by atoms with Crippen LogP contribution >= 0.6 is 0 Å². The Morgan fingerprint density at radius 1 is 1.38 bits per heavy atom. The van der Waals surface area contributed by atoms with Crippen molar-refractivity contribution in [2.24, 2.45) is 7.05 Å². The number of hydrogen-bond donors (Lipinski definition) is 0. The van der Waals surface area contributed by atoms with E-state index in [0.717, 1.165) is 4.57 Å². The number of nitriles is 1. The number of halogens is 3. The highest BCUT2D eigenvalue weighted by Crippen LogP contribution is 2.31. The molecule has 6 heteroatoms. The van der Waals surface area contributed by atoms with Crippen molar-refractivity contribution < 1.29 is 13.2 Å². The zero-order valence-electron chi connectivity index (χ0n) is 8.21. The maximum atomic E-state index is 12.6. The first-order valence-corrected chi connectivity index (χ1v) is 4.38. The first-order valence-electron chi connectivity index (χ1n) is 4.38. The molecule has 3 nitrogen and oxygen atoms in total. The molecule has 0 spiro atoms. The molecule has 0 saturated carbocycles. The molecule has 0 bridgehead atoms. The fraction of sp³-hybridized carbons (Fsp3) is 0.200. The van der Waals surface area contributed by atoms with Crippen molar-refractivity contribution in [2.75, 3.05) is 0 Å². The topological polar surface area (TPSA) is 41.6 Å². The van der Waals surface area contributed by atoms with E-state index >= 15 is 0 Å². The summed E-state index contributed by atoms with van der Waals surface area (Å²) >= 11 is 0. The lowest BCUT2D eigenvalue weighted by molar-refractivity contribution is -0.146. The van der Waals surface area contributed by atoms with E-state index in [1.165, 1.54) is 25.2 Å². The number of hydrogen-bond acceptors (Lipinski definition) is 2. The first-order chi connectivity index (χ1) is 7.45. The van der Waals surface area contributed by atoms with Crippen molar-refractivity contribution in [3.8, 4) is 6.07 Å². The maximum Gasteiger partial charge on any atom is 0.449 e. The molecule has 1 heterocycles. The third-order valence-electron chi connectivity index (χ3n) is 2.27. The van der Waals surface area contributed by atoms with Gasteiger partial charge in [-0.2, -0.15) is 18.4 Å². The Kier molecular flexibility index (Phi) is 2.12. The Labute approximate surface area is 88.7 Å². The Balaban J connectivity index is 2.85. The van der Waals surface area contributed by atoms with Gasteiger partial charge in [-0.05, 0) is 12.1 Å². The summed E-state index contributed by atoms with van der Waals surface area (Å²) in [5.74, 6) is -0.995. The molecule has 0 radical (unpaired) electrons. The highest BCUT2D eigenvalue weighted by Gasteiger charge is 2.36. The molecule has 1 aromatic carbocycles. The van der Waals surface area contributed by atoms with Crippen LogP contribution in [0.5, 0.6) is 0 Å². The molecule has 2 rings (SSSR count). The third-order valence-corrected chi connectivity index (χ3v) is 2.27. The van der Waals surface area contributed by atoms with Crippen LogP contribution in [0.1, 0.15) is 11.4 Å². The molecular formula is C10H6F3N3. The molecule has 0 aliphatic carbocycles. The minimum Gasteiger partial charge on any atom is -0.322 e. The predicted molar refractivity (Wildman–Crippen MR) is 50.4 cm³/mol. The van der Waals surface area contributed by atoms with Gasteiger partial charge in [0.25, 0.3) is 0 Å². The molecule has 0 unspecified atom stereocenters. The molecule has 16 heavy (non-hydrogen) atoms. The summed E-state index contributed by atoms with van der Waals surface area (Å²) in [7, 11) is 1.25. The summed E-state index contributed by atoms with van der Waals surface area (Å²) in [6, 6.07) is 6.27. The van der Waals surface area contributed by atoms with E-state index < -0.39 is 12.0 Å². The monoisotopic (exact) mass is 225 g/mol. The first kappa shape index (κ1) is 10.5. The Hall–Kier alpha value is -2.03. The van der Waals surface area contributed by atoms with E-state index in [0.29, 0.717) is 0 Å². The molecule has 0 saturated heterocycles. The number of para-hydroxylation sites is 1. The lowest BCUT2D eigenvalue weighted by Gasteiger charge is -2.05. The van der Waals surface area contributed by atoms with Crippen LogP contribution in [0.25, 0.3) is 11.0 Å². The summed E-state index contributed by atoms with van der Waals surface area (Å²) in [4.78, 5) is 3.48. The lowest BCUT2D eigenvalue weighted by atomic mass is 10.2. The second kappa shape index (κ2) is 3.23. The second-order valence-electron chi connectivity index (χ2n) is 3.28. The van der Waals surface area contributed by atoms with Crippen molar-refractivity contribution in [1.82, 2.24) is 9.55 Å². The Morgan fingerprint density at radius 3 is 2.62 bits per heavy atom. The van der Waals surface area contributed by atoms with Crippen LogP contribution in [-0.2, 0) is 13.2 Å². The van der Waals surface area contributed by atoms with Crippen LogP contribution in [-0.4, -0.2) is 9.55 Å². The summed E-state index contributed by atoms with van der Waals surface area (Å²) < 4.78 is 38.6. The number of nitrogens with zero attached hydrogens (tertiary/aromatic N) is 3. The van der Waals surface area contributed by atoms with E-state index in [2.05, 4.69) is 4.98 Å². The summed E-state index contributed by atoms with van der Waals surface area (Å²) in [5.41, 5.74) is 0.564. The molecule has 0 fully saturated rings. The number of benzene rings is 1.